The number of carbonyl (C=O) groups excluding carboxylic acids is 1. The third-order valence-electron chi connectivity index (χ3n) is 3.71. The molecule has 8 heteroatoms. The Bertz CT molecular complexity index is 358. The Balaban J connectivity index is 1.82. The molecule has 2 rings (SSSR count). The molecule has 2 fully saturated rings. The summed E-state index contributed by atoms with van der Waals surface area (Å²) in [6.45, 7) is 5.26. The van der Waals surface area contributed by atoms with Crippen molar-refractivity contribution in [3.8, 4) is 0 Å². The number of hydrazine groups is 2. The fraction of sp³-hybridized carbons (Fsp3) is 0.923. The first-order valence-electron chi connectivity index (χ1n) is 7.46. The highest BCUT2D eigenvalue weighted by molar-refractivity contribution is 5.82. The van der Waals surface area contributed by atoms with Crippen LogP contribution in [-0.2, 0) is 9.53 Å². The highest BCUT2D eigenvalue weighted by atomic mass is 19.1. The molecule has 2 saturated heterocycles. The van der Waals surface area contributed by atoms with Gasteiger partial charge in [0.25, 0.3) is 0 Å². The van der Waals surface area contributed by atoms with Crippen LogP contribution in [0.1, 0.15) is 20.3 Å². The van der Waals surface area contributed by atoms with Crippen LogP contribution in [0, 0.1) is 0 Å². The van der Waals surface area contributed by atoms with Gasteiger partial charge in [-0.1, -0.05) is 0 Å². The van der Waals surface area contributed by atoms with Crippen molar-refractivity contribution in [3.05, 3.63) is 0 Å². The number of ether oxygens (including phenoxy) is 1. The number of aliphatic hydroxyl groups is 1. The van der Waals surface area contributed by atoms with Gasteiger partial charge in [-0.15, -0.1) is 0 Å². The lowest BCUT2D eigenvalue weighted by atomic mass is 10.0. The first-order chi connectivity index (χ1) is 10.0. The van der Waals surface area contributed by atoms with Gasteiger partial charge in [-0.25, -0.2) is 14.8 Å². The highest BCUT2D eigenvalue weighted by Crippen LogP contribution is 2.19. The molecule has 2 aliphatic rings. The van der Waals surface area contributed by atoms with Crippen LogP contribution in [0.3, 0.4) is 0 Å². The molecule has 3 atom stereocenters. The van der Waals surface area contributed by atoms with Crippen molar-refractivity contribution in [2.24, 2.45) is 0 Å². The van der Waals surface area contributed by atoms with Crippen molar-refractivity contribution >= 4 is 5.91 Å². The van der Waals surface area contributed by atoms with E-state index in [0.717, 1.165) is 0 Å². The minimum atomic E-state index is -1.15. The molecule has 0 aliphatic carbocycles. The predicted octanol–water partition coefficient (Wildman–Crippen LogP) is -0.964. The molecule has 0 saturated carbocycles. The summed E-state index contributed by atoms with van der Waals surface area (Å²) in [5.74, 6) is -0.117. The highest BCUT2D eigenvalue weighted by Gasteiger charge is 2.37. The van der Waals surface area contributed by atoms with E-state index in [1.807, 2.05) is 13.8 Å². The fourth-order valence-corrected chi connectivity index (χ4v) is 2.70. The molecule has 3 N–H and O–H groups in total. The number of alkyl halides is 1. The van der Waals surface area contributed by atoms with Gasteiger partial charge in [0.15, 0.2) is 0 Å². The van der Waals surface area contributed by atoms with Crippen molar-refractivity contribution in [2.45, 2.75) is 44.7 Å². The van der Waals surface area contributed by atoms with Crippen molar-refractivity contribution in [1.82, 2.24) is 20.9 Å². The number of amides is 1. The maximum atomic E-state index is 14.1. The zero-order chi connectivity index (χ0) is 15.4. The Labute approximate surface area is 124 Å². The van der Waals surface area contributed by atoms with Gasteiger partial charge < -0.3 is 14.7 Å². The van der Waals surface area contributed by atoms with Gasteiger partial charge in [-0.05, 0) is 20.3 Å². The van der Waals surface area contributed by atoms with Crippen molar-refractivity contribution in [3.63, 3.8) is 0 Å². The van der Waals surface area contributed by atoms with E-state index in [2.05, 4.69) is 11.0 Å². The third kappa shape index (κ3) is 4.33. The zero-order valence-corrected chi connectivity index (χ0v) is 12.6. The van der Waals surface area contributed by atoms with Gasteiger partial charge in [0.2, 0.25) is 5.91 Å². The Kier molecular flexibility index (Phi) is 5.88. The molecular formula is C13H25FN4O3. The number of halogens is 1. The Morgan fingerprint density at radius 1 is 1.48 bits per heavy atom. The summed E-state index contributed by atoms with van der Waals surface area (Å²) in [5, 5.41) is 10.6. The second kappa shape index (κ2) is 7.46. The summed E-state index contributed by atoms with van der Waals surface area (Å²) in [5.41, 5.74) is 5.70. The van der Waals surface area contributed by atoms with E-state index in [1.54, 1.807) is 9.91 Å². The van der Waals surface area contributed by atoms with Gasteiger partial charge >= 0.3 is 0 Å². The van der Waals surface area contributed by atoms with E-state index < -0.39 is 18.3 Å². The number of piperidine rings is 1. The van der Waals surface area contributed by atoms with Crippen LogP contribution in [0.4, 0.5) is 4.39 Å². The second-order valence-electron chi connectivity index (χ2n) is 5.79. The van der Waals surface area contributed by atoms with Crippen LogP contribution >= 0.6 is 0 Å². The summed E-state index contributed by atoms with van der Waals surface area (Å²) in [7, 11) is 0. The Hall–Kier alpha value is -0.800. The summed E-state index contributed by atoms with van der Waals surface area (Å²) < 4.78 is 19.6. The molecule has 7 nitrogen and oxygen atoms in total. The maximum Gasteiger partial charge on any atom is 0.242 e. The van der Waals surface area contributed by atoms with Crippen LogP contribution < -0.4 is 11.0 Å². The minimum absolute atomic E-state index is 0.0109. The van der Waals surface area contributed by atoms with E-state index in [9.17, 15) is 9.18 Å². The molecule has 1 unspecified atom stereocenters. The number of hydrogen-bond donors (Lipinski definition) is 3. The van der Waals surface area contributed by atoms with Crippen LogP contribution in [0.2, 0.25) is 0 Å². The number of aliphatic hydroxyl groups excluding tert-OH is 1. The Morgan fingerprint density at radius 2 is 2.24 bits per heavy atom. The average Bonchev–Trinajstić information content (AvgIpc) is 2.89. The van der Waals surface area contributed by atoms with E-state index >= 15 is 0 Å². The number of nitrogens with one attached hydrogen (secondary N) is 2. The van der Waals surface area contributed by atoms with E-state index in [0.29, 0.717) is 26.1 Å². The van der Waals surface area contributed by atoms with Gasteiger partial charge in [0.1, 0.15) is 12.2 Å². The number of rotatable bonds is 5. The molecule has 0 aromatic carbocycles. The fourth-order valence-electron chi connectivity index (χ4n) is 2.70. The smallest absolute Gasteiger partial charge is 0.242 e. The van der Waals surface area contributed by atoms with Crippen LogP contribution in [-0.4, -0.2) is 78.1 Å². The molecule has 0 aromatic rings. The summed E-state index contributed by atoms with van der Waals surface area (Å²) in [4.78, 5) is 13.9. The third-order valence-corrected chi connectivity index (χ3v) is 3.71. The normalized spacial score (nSPS) is 31.1. The minimum Gasteiger partial charge on any atom is -0.395 e. The van der Waals surface area contributed by atoms with Gasteiger partial charge in [-0.3, -0.25) is 4.79 Å². The zero-order valence-electron chi connectivity index (χ0n) is 12.6. The number of likely N-dealkylation sites (tertiary alicyclic amines) is 1. The van der Waals surface area contributed by atoms with Gasteiger partial charge in [0, 0.05) is 19.6 Å². The largest absolute Gasteiger partial charge is 0.395 e. The Morgan fingerprint density at radius 3 is 2.86 bits per heavy atom. The van der Waals surface area contributed by atoms with E-state index in [1.165, 1.54) is 0 Å². The SMILES string of the molecule is CC(C)O[C@H]1CCN(C(=O)C2CN(CCO)NN2)C[C@H]1F. The van der Waals surface area contributed by atoms with E-state index in [-0.39, 0.29) is 25.2 Å². The van der Waals surface area contributed by atoms with Gasteiger partial charge in [0.05, 0.1) is 25.4 Å². The molecule has 2 heterocycles. The first-order valence-corrected chi connectivity index (χ1v) is 7.46. The second-order valence-corrected chi connectivity index (χ2v) is 5.79. The lowest BCUT2D eigenvalue weighted by Crippen LogP contribution is -2.54. The number of hydrogen-bond acceptors (Lipinski definition) is 6. The molecule has 2 aliphatic heterocycles. The number of carbonyl (C=O) groups is 1. The molecule has 0 radical (unpaired) electrons. The summed E-state index contributed by atoms with van der Waals surface area (Å²) in [6.07, 6.45) is -1.06. The molecular weight excluding hydrogens is 279 g/mol. The lowest BCUT2D eigenvalue weighted by molar-refractivity contribution is -0.140. The number of β-amino-alcohol motifs (C(OH)–C–C–N with tert-alkyl or cyclic N) is 1. The maximum absolute atomic E-state index is 14.1. The first kappa shape index (κ1) is 16.6. The molecule has 0 bridgehead atoms. The summed E-state index contributed by atoms with van der Waals surface area (Å²) >= 11 is 0. The van der Waals surface area contributed by atoms with Crippen LogP contribution in [0.15, 0.2) is 0 Å². The average molecular weight is 304 g/mol. The molecule has 0 spiro atoms. The van der Waals surface area contributed by atoms with E-state index in [4.69, 9.17) is 9.84 Å². The predicted molar refractivity (Wildman–Crippen MR) is 74.8 cm³/mol. The van der Waals surface area contributed by atoms with Crippen LogP contribution in [0.25, 0.3) is 0 Å². The monoisotopic (exact) mass is 304 g/mol. The molecule has 0 aromatic heterocycles. The topological polar surface area (TPSA) is 77.1 Å². The standard InChI is InChI=1S/C13H25FN4O3/c1-9(2)21-12-3-4-17(7-10(12)14)13(20)11-8-18(5-6-19)16-15-11/h9-12,15-16,19H,3-8H2,1-2H3/t10-,11?,12+/m1/s1. The van der Waals surface area contributed by atoms with Gasteiger partial charge in [-0.2, -0.15) is 5.53 Å². The number of nitrogens with zero attached hydrogens (tertiary/aromatic N) is 2. The summed E-state index contributed by atoms with van der Waals surface area (Å²) in [6, 6.07) is -0.411. The van der Waals surface area contributed by atoms with Crippen molar-refractivity contribution in [2.75, 3.05) is 32.8 Å². The quantitative estimate of drug-likeness (QED) is 0.607. The van der Waals surface area contributed by atoms with Crippen molar-refractivity contribution < 1.29 is 19.0 Å². The lowest BCUT2D eigenvalue weighted by Gasteiger charge is -2.36. The molecule has 122 valence electrons. The molecule has 21 heavy (non-hydrogen) atoms. The van der Waals surface area contributed by atoms with Crippen molar-refractivity contribution in [1.29, 1.82) is 0 Å². The van der Waals surface area contributed by atoms with Crippen LogP contribution in [0.5, 0.6) is 0 Å². The molecule has 1 amide bonds.